The summed E-state index contributed by atoms with van der Waals surface area (Å²) in [5.41, 5.74) is 3.06. The van der Waals surface area contributed by atoms with Crippen molar-refractivity contribution < 1.29 is 0 Å². The molecule has 0 aliphatic rings. The van der Waals surface area contributed by atoms with Gasteiger partial charge < -0.3 is 14.6 Å². The number of aromatic amines is 1. The van der Waals surface area contributed by atoms with Gasteiger partial charge in [0.15, 0.2) is 0 Å². The molecule has 0 unspecified atom stereocenters. The number of fused-ring (bicyclic) bond motifs is 2. The molecule has 0 spiro atoms. The largest absolute Gasteiger partial charge is 0.377 e. The second-order valence-electron chi connectivity index (χ2n) is 6.21. The number of hydrogen-bond donors (Lipinski definition) is 2. The summed E-state index contributed by atoms with van der Waals surface area (Å²) in [4.78, 5) is 6.49. The third-order valence-corrected chi connectivity index (χ3v) is 5.86. The summed E-state index contributed by atoms with van der Waals surface area (Å²) in [5, 5.41) is 4.55. The molecule has 26 heavy (non-hydrogen) atoms. The second-order valence-corrected chi connectivity index (χ2v) is 7.87. The first kappa shape index (κ1) is 17.4. The van der Waals surface area contributed by atoms with E-state index in [0.29, 0.717) is 10.0 Å². The average Bonchev–Trinajstić information content (AvgIpc) is 3.03. The van der Waals surface area contributed by atoms with Crippen molar-refractivity contribution in [1.29, 1.82) is 0 Å². The average molecular weight is 402 g/mol. The molecular weight excluding hydrogens is 385 g/mol. The van der Waals surface area contributed by atoms with Gasteiger partial charge in [-0.3, -0.25) is 0 Å². The lowest BCUT2D eigenvalue weighted by Gasteiger charge is -2.17. The van der Waals surface area contributed by atoms with Crippen molar-refractivity contribution >= 4 is 68.2 Å². The van der Waals surface area contributed by atoms with Gasteiger partial charge in [-0.2, -0.15) is 0 Å². The highest BCUT2D eigenvalue weighted by molar-refractivity contribution is 8.00. The van der Waals surface area contributed by atoms with Gasteiger partial charge in [0.05, 0.1) is 21.2 Å². The van der Waals surface area contributed by atoms with Crippen molar-refractivity contribution in [3.05, 3.63) is 64.8 Å². The molecule has 2 N–H and O–H groups in total. The van der Waals surface area contributed by atoms with Gasteiger partial charge in [0.2, 0.25) is 0 Å². The van der Waals surface area contributed by atoms with Gasteiger partial charge >= 0.3 is 0 Å². The van der Waals surface area contributed by atoms with Crippen LogP contribution in [0.15, 0.2) is 59.6 Å². The number of nitrogens with zero attached hydrogens (tertiary/aromatic N) is 1. The zero-order valence-electron chi connectivity index (χ0n) is 14.3. The van der Waals surface area contributed by atoms with E-state index in [1.165, 1.54) is 16.5 Å². The summed E-state index contributed by atoms with van der Waals surface area (Å²) in [6.45, 7) is 0. The molecule has 3 nitrogen and oxygen atoms in total. The molecule has 0 fully saturated rings. The number of halogens is 2. The van der Waals surface area contributed by atoms with Crippen molar-refractivity contribution in [3.8, 4) is 0 Å². The summed E-state index contributed by atoms with van der Waals surface area (Å²) in [6.07, 6.45) is 1.76. The molecule has 0 saturated carbocycles. The molecule has 0 saturated heterocycles. The Morgan fingerprint density at radius 2 is 1.69 bits per heavy atom. The summed E-state index contributed by atoms with van der Waals surface area (Å²) in [6, 6.07) is 16.5. The highest BCUT2D eigenvalue weighted by Gasteiger charge is 2.12. The lowest BCUT2D eigenvalue weighted by Crippen LogP contribution is -2.08. The SMILES string of the molecule is CN(C)c1cccc2c(SNc3ccc(Cl)c4c(Cl)c[nH]c34)cccc12. The van der Waals surface area contributed by atoms with Crippen LogP contribution in [0.5, 0.6) is 0 Å². The van der Waals surface area contributed by atoms with Gasteiger partial charge in [-0.15, -0.1) is 0 Å². The van der Waals surface area contributed by atoms with Crippen LogP contribution >= 0.6 is 35.1 Å². The fourth-order valence-corrected chi connectivity index (χ4v) is 4.49. The maximum Gasteiger partial charge on any atom is 0.0728 e. The van der Waals surface area contributed by atoms with E-state index in [1.54, 1.807) is 18.1 Å². The quantitative estimate of drug-likeness (QED) is 0.368. The molecule has 0 atom stereocenters. The first-order valence-corrected chi connectivity index (χ1v) is 9.70. The van der Waals surface area contributed by atoms with Crippen molar-refractivity contribution in [3.63, 3.8) is 0 Å². The van der Waals surface area contributed by atoms with Crippen LogP contribution in [0.4, 0.5) is 11.4 Å². The number of benzene rings is 3. The predicted molar refractivity (Wildman–Crippen MR) is 116 cm³/mol. The molecule has 0 bridgehead atoms. The van der Waals surface area contributed by atoms with E-state index < -0.39 is 0 Å². The summed E-state index contributed by atoms with van der Waals surface area (Å²) in [7, 11) is 4.12. The number of rotatable bonds is 4. The molecule has 3 aromatic carbocycles. The topological polar surface area (TPSA) is 31.1 Å². The number of nitrogens with one attached hydrogen (secondary N) is 2. The first-order chi connectivity index (χ1) is 12.6. The van der Waals surface area contributed by atoms with Gasteiger partial charge in [-0.05, 0) is 41.6 Å². The van der Waals surface area contributed by atoms with Crippen LogP contribution in [0.3, 0.4) is 0 Å². The minimum atomic E-state index is 0.624. The first-order valence-electron chi connectivity index (χ1n) is 8.13. The standard InChI is InChI=1S/C20H17Cl2N3S/c1-25(2)17-7-3-6-13-12(17)5-4-8-18(13)26-24-16-10-9-14(21)19-15(22)11-23-20(16)19/h3-11,23-24H,1-2H3. The Labute approximate surface area is 166 Å². The van der Waals surface area contributed by atoms with Gasteiger partial charge in [0.1, 0.15) is 0 Å². The van der Waals surface area contributed by atoms with E-state index in [-0.39, 0.29) is 0 Å². The van der Waals surface area contributed by atoms with Crippen molar-refractivity contribution in [1.82, 2.24) is 4.98 Å². The van der Waals surface area contributed by atoms with Crippen molar-refractivity contribution in [2.75, 3.05) is 23.7 Å². The van der Waals surface area contributed by atoms with Gasteiger partial charge in [-0.25, -0.2) is 0 Å². The zero-order chi connectivity index (χ0) is 18.3. The van der Waals surface area contributed by atoms with Crippen LogP contribution in [-0.2, 0) is 0 Å². The summed E-state index contributed by atoms with van der Waals surface area (Å²) in [5.74, 6) is 0. The van der Waals surface area contributed by atoms with E-state index in [9.17, 15) is 0 Å². The minimum absolute atomic E-state index is 0.624. The fourth-order valence-electron chi connectivity index (χ4n) is 3.11. The number of H-pyrrole nitrogens is 1. The number of hydrogen-bond acceptors (Lipinski definition) is 3. The maximum absolute atomic E-state index is 6.27. The molecule has 1 aromatic heterocycles. The van der Waals surface area contributed by atoms with Crippen LogP contribution in [-0.4, -0.2) is 19.1 Å². The molecule has 132 valence electrons. The predicted octanol–water partition coefficient (Wildman–Crippen LogP) is 6.81. The smallest absolute Gasteiger partial charge is 0.0728 e. The zero-order valence-corrected chi connectivity index (χ0v) is 16.6. The van der Waals surface area contributed by atoms with Crippen LogP contribution in [0.2, 0.25) is 10.0 Å². The Morgan fingerprint density at radius 1 is 0.923 bits per heavy atom. The highest BCUT2D eigenvalue weighted by atomic mass is 35.5. The van der Waals surface area contributed by atoms with E-state index in [2.05, 4.69) is 65.1 Å². The lowest BCUT2D eigenvalue weighted by molar-refractivity contribution is 1.14. The van der Waals surface area contributed by atoms with E-state index in [4.69, 9.17) is 23.2 Å². The molecular formula is C20H17Cl2N3S. The third-order valence-electron chi connectivity index (χ3n) is 4.35. The fraction of sp³-hybridized carbons (Fsp3) is 0.100. The lowest BCUT2D eigenvalue weighted by atomic mass is 10.1. The Hall–Kier alpha value is -2.01. The molecule has 0 amide bonds. The minimum Gasteiger partial charge on any atom is -0.377 e. The molecule has 0 radical (unpaired) electrons. The van der Waals surface area contributed by atoms with E-state index >= 15 is 0 Å². The summed E-state index contributed by atoms with van der Waals surface area (Å²) >= 11 is 14.1. The summed E-state index contributed by atoms with van der Waals surface area (Å²) < 4.78 is 3.44. The molecule has 1 heterocycles. The second kappa shape index (κ2) is 6.95. The molecule has 0 aliphatic carbocycles. The molecule has 0 aliphatic heterocycles. The normalized spacial score (nSPS) is 11.2. The third kappa shape index (κ3) is 2.98. The van der Waals surface area contributed by atoms with Crippen LogP contribution in [0, 0.1) is 0 Å². The van der Waals surface area contributed by atoms with Crippen molar-refractivity contribution in [2.45, 2.75) is 4.90 Å². The van der Waals surface area contributed by atoms with Crippen LogP contribution in [0.1, 0.15) is 0 Å². The van der Waals surface area contributed by atoms with Crippen LogP contribution < -0.4 is 9.62 Å². The highest BCUT2D eigenvalue weighted by Crippen LogP contribution is 2.38. The van der Waals surface area contributed by atoms with E-state index in [1.807, 2.05) is 12.1 Å². The Morgan fingerprint density at radius 3 is 2.50 bits per heavy atom. The van der Waals surface area contributed by atoms with Gasteiger partial charge in [0.25, 0.3) is 0 Å². The Bertz CT molecular complexity index is 1110. The van der Waals surface area contributed by atoms with Gasteiger partial charge in [0, 0.05) is 41.6 Å². The molecule has 4 rings (SSSR count). The van der Waals surface area contributed by atoms with Crippen molar-refractivity contribution in [2.24, 2.45) is 0 Å². The molecule has 4 aromatic rings. The Kier molecular flexibility index (Phi) is 4.65. The monoisotopic (exact) mass is 401 g/mol. The molecule has 6 heteroatoms. The number of aromatic nitrogens is 1. The van der Waals surface area contributed by atoms with Gasteiger partial charge in [-0.1, -0.05) is 47.5 Å². The van der Waals surface area contributed by atoms with Crippen LogP contribution in [0.25, 0.3) is 21.7 Å². The maximum atomic E-state index is 6.27. The number of anilines is 2. The van der Waals surface area contributed by atoms with E-state index in [0.717, 1.165) is 21.5 Å². The Balaban J connectivity index is 1.71.